The highest BCUT2D eigenvalue weighted by Crippen LogP contribution is 2.15. The van der Waals surface area contributed by atoms with Crippen LogP contribution in [0.15, 0.2) is 36.5 Å². The Balaban J connectivity index is 3.50. The number of aliphatic hydroxyl groups is 2. The molecule has 0 saturated carbocycles. The Morgan fingerprint density at radius 1 is 0.475 bits per heavy atom. The van der Waals surface area contributed by atoms with Crippen LogP contribution in [0.25, 0.3) is 0 Å². The SMILES string of the molecule is CCCC/C=C\C/C=C\CCCCCCCC(=O)OCCCCCCCCCCCCCCCC(=O)NC(CO)C(O)/C=C/CCCCCCCCCCCCCCC. The van der Waals surface area contributed by atoms with Gasteiger partial charge in [0.05, 0.1) is 25.4 Å². The fraction of sp³-hybridized carbons (Fsp3) is 0.849. The van der Waals surface area contributed by atoms with Gasteiger partial charge in [0.25, 0.3) is 0 Å². The number of hydrogen-bond donors (Lipinski definition) is 3. The highest BCUT2D eigenvalue weighted by molar-refractivity contribution is 5.76. The first-order valence-electron chi connectivity index (χ1n) is 25.8. The first-order valence-corrected chi connectivity index (χ1v) is 25.8. The molecule has 346 valence electrons. The molecule has 0 aromatic rings. The van der Waals surface area contributed by atoms with Crippen molar-refractivity contribution in [1.29, 1.82) is 0 Å². The lowest BCUT2D eigenvalue weighted by atomic mass is 10.0. The molecule has 0 aromatic heterocycles. The van der Waals surface area contributed by atoms with Crippen LogP contribution in [0.1, 0.15) is 264 Å². The summed E-state index contributed by atoms with van der Waals surface area (Å²) in [4.78, 5) is 24.4. The number of carbonyl (C=O) groups excluding carboxylic acids is 2. The molecule has 3 N–H and O–H groups in total. The van der Waals surface area contributed by atoms with E-state index < -0.39 is 12.1 Å². The van der Waals surface area contributed by atoms with Gasteiger partial charge < -0.3 is 20.3 Å². The van der Waals surface area contributed by atoms with E-state index in [1.165, 1.54) is 167 Å². The Morgan fingerprint density at radius 3 is 1.34 bits per heavy atom. The van der Waals surface area contributed by atoms with Crippen molar-refractivity contribution < 1.29 is 24.5 Å². The van der Waals surface area contributed by atoms with Gasteiger partial charge in [-0.25, -0.2) is 0 Å². The van der Waals surface area contributed by atoms with E-state index in [1.807, 2.05) is 6.08 Å². The number of ether oxygens (including phenoxy) is 1. The maximum atomic E-state index is 12.4. The number of nitrogens with one attached hydrogen (secondary N) is 1. The van der Waals surface area contributed by atoms with E-state index in [0.29, 0.717) is 19.4 Å². The zero-order chi connectivity index (χ0) is 43.0. The molecule has 0 saturated heterocycles. The summed E-state index contributed by atoms with van der Waals surface area (Å²) in [6.07, 6.45) is 58.5. The number of hydrogen-bond acceptors (Lipinski definition) is 5. The van der Waals surface area contributed by atoms with Gasteiger partial charge in [0.1, 0.15) is 0 Å². The molecule has 0 rings (SSSR count). The topological polar surface area (TPSA) is 95.9 Å². The lowest BCUT2D eigenvalue weighted by molar-refractivity contribution is -0.143. The third kappa shape index (κ3) is 45.4. The van der Waals surface area contributed by atoms with Crippen LogP contribution in [-0.4, -0.2) is 47.4 Å². The molecule has 0 aliphatic heterocycles. The standard InChI is InChI=1S/C53H99NO5/c1-3-5-7-9-11-13-15-17-19-21-25-29-33-37-41-45-51(56)50(49-55)54-52(57)46-42-38-34-30-26-22-20-24-28-32-36-40-44-48-59-53(58)47-43-39-35-31-27-23-18-16-14-12-10-8-6-4-2/h10,12,16,18,41,45,50-51,55-56H,3-9,11,13-15,17,19-40,42-44,46-49H2,1-2H3,(H,54,57)/b12-10-,18-16-,45-41+. The predicted octanol–water partition coefficient (Wildman–Crippen LogP) is 15.3. The molecule has 0 bridgehead atoms. The van der Waals surface area contributed by atoms with Crippen molar-refractivity contribution in [2.45, 2.75) is 276 Å². The van der Waals surface area contributed by atoms with Gasteiger partial charge in [0, 0.05) is 12.8 Å². The highest BCUT2D eigenvalue weighted by Gasteiger charge is 2.18. The molecule has 59 heavy (non-hydrogen) atoms. The number of esters is 1. The normalized spacial score (nSPS) is 12.9. The minimum Gasteiger partial charge on any atom is -0.466 e. The van der Waals surface area contributed by atoms with Gasteiger partial charge in [-0.2, -0.15) is 0 Å². The van der Waals surface area contributed by atoms with Crippen LogP contribution in [0.5, 0.6) is 0 Å². The van der Waals surface area contributed by atoms with E-state index in [9.17, 15) is 19.8 Å². The van der Waals surface area contributed by atoms with Crippen molar-refractivity contribution in [2.24, 2.45) is 0 Å². The minimum atomic E-state index is -0.853. The maximum absolute atomic E-state index is 12.4. The third-order valence-corrected chi connectivity index (χ3v) is 11.7. The van der Waals surface area contributed by atoms with Gasteiger partial charge in [0.2, 0.25) is 5.91 Å². The molecular formula is C53H99NO5. The Kier molecular flexibility index (Phi) is 47.2. The van der Waals surface area contributed by atoms with Crippen LogP contribution in [0.3, 0.4) is 0 Å². The highest BCUT2D eigenvalue weighted by atomic mass is 16.5. The van der Waals surface area contributed by atoms with Gasteiger partial charge in [-0.15, -0.1) is 0 Å². The summed E-state index contributed by atoms with van der Waals surface area (Å²) in [5, 5.41) is 23.1. The van der Waals surface area contributed by atoms with E-state index in [-0.39, 0.29) is 18.5 Å². The van der Waals surface area contributed by atoms with Gasteiger partial charge in [-0.3, -0.25) is 9.59 Å². The average Bonchev–Trinajstić information content (AvgIpc) is 3.24. The largest absolute Gasteiger partial charge is 0.466 e. The van der Waals surface area contributed by atoms with Crippen molar-refractivity contribution in [2.75, 3.05) is 13.2 Å². The number of allylic oxidation sites excluding steroid dienone is 5. The lowest BCUT2D eigenvalue weighted by Gasteiger charge is -2.20. The predicted molar refractivity (Wildman–Crippen MR) is 255 cm³/mol. The van der Waals surface area contributed by atoms with E-state index in [4.69, 9.17) is 4.74 Å². The molecule has 2 unspecified atom stereocenters. The average molecular weight is 830 g/mol. The zero-order valence-corrected chi connectivity index (χ0v) is 39.2. The van der Waals surface area contributed by atoms with E-state index in [2.05, 4.69) is 43.5 Å². The molecule has 0 aliphatic carbocycles. The van der Waals surface area contributed by atoms with Crippen molar-refractivity contribution >= 4 is 11.9 Å². The Hall–Kier alpha value is -1.92. The molecular weight excluding hydrogens is 731 g/mol. The summed E-state index contributed by atoms with van der Waals surface area (Å²) in [5.74, 6) is -0.104. The quantitative estimate of drug-likeness (QED) is 0.0323. The van der Waals surface area contributed by atoms with Gasteiger partial charge in [-0.05, 0) is 57.8 Å². The maximum Gasteiger partial charge on any atom is 0.305 e. The van der Waals surface area contributed by atoms with Crippen LogP contribution < -0.4 is 5.32 Å². The molecule has 0 aliphatic rings. The molecule has 1 amide bonds. The van der Waals surface area contributed by atoms with Crippen molar-refractivity contribution in [1.82, 2.24) is 5.32 Å². The number of rotatable bonds is 47. The van der Waals surface area contributed by atoms with E-state index >= 15 is 0 Å². The van der Waals surface area contributed by atoms with Gasteiger partial charge >= 0.3 is 5.97 Å². The molecule has 0 fully saturated rings. The van der Waals surface area contributed by atoms with Crippen LogP contribution in [0.4, 0.5) is 0 Å². The molecule has 0 radical (unpaired) electrons. The fourth-order valence-electron chi connectivity index (χ4n) is 7.65. The summed E-state index contributed by atoms with van der Waals surface area (Å²) in [5.41, 5.74) is 0. The smallest absolute Gasteiger partial charge is 0.305 e. The van der Waals surface area contributed by atoms with Crippen LogP contribution in [0.2, 0.25) is 0 Å². The summed E-state index contributed by atoms with van der Waals surface area (Å²) in [6, 6.07) is -0.638. The van der Waals surface area contributed by atoms with E-state index in [0.717, 1.165) is 70.6 Å². The molecule has 6 nitrogen and oxygen atoms in total. The second kappa shape index (κ2) is 48.7. The monoisotopic (exact) mass is 830 g/mol. The summed E-state index contributed by atoms with van der Waals surface area (Å²) < 4.78 is 5.45. The number of carbonyl (C=O) groups is 2. The first kappa shape index (κ1) is 57.1. The minimum absolute atomic E-state index is 0.0220. The van der Waals surface area contributed by atoms with Crippen molar-refractivity contribution in [3.8, 4) is 0 Å². The second-order valence-corrected chi connectivity index (χ2v) is 17.5. The summed E-state index contributed by atoms with van der Waals surface area (Å²) in [7, 11) is 0. The fourth-order valence-corrected chi connectivity index (χ4v) is 7.65. The third-order valence-electron chi connectivity index (χ3n) is 11.7. The van der Waals surface area contributed by atoms with Crippen LogP contribution in [-0.2, 0) is 14.3 Å². The second-order valence-electron chi connectivity index (χ2n) is 17.5. The Labute approximate surface area is 366 Å². The number of amides is 1. The molecule has 2 atom stereocenters. The van der Waals surface area contributed by atoms with Gasteiger partial charge in [0.15, 0.2) is 0 Å². The summed E-state index contributed by atoms with van der Waals surface area (Å²) in [6.45, 7) is 4.82. The summed E-state index contributed by atoms with van der Waals surface area (Å²) >= 11 is 0. The van der Waals surface area contributed by atoms with E-state index in [1.54, 1.807) is 6.08 Å². The number of unbranched alkanes of at least 4 members (excludes halogenated alkanes) is 32. The zero-order valence-electron chi connectivity index (χ0n) is 39.2. The van der Waals surface area contributed by atoms with Crippen LogP contribution >= 0.6 is 0 Å². The number of aliphatic hydroxyl groups excluding tert-OH is 2. The molecule has 6 heteroatoms. The van der Waals surface area contributed by atoms with Crippen molar-refractivity contribution in [3.05, 3.63) is 36.5 Å². The molecule has 0 aromatic carbocycles. The Bertz CT molecular complexity index is 962. The molecule has 0 heterocycles. The molecule has 0 spiro atoms. The van der Waals surface area contributed by atoms with Crippen LogP contribution in [0, 0.1) is 0 Å². The first-order chi connectivity index (χ1) is 29.0. The van der Waals surface area contributed by atoms with Crippen molar-refractivity contribution in [3.63, 3.8) is 0 Å². The lowest BCUT2D eigenvalue weighted by Crippen LogP contribution is -2.45. The van der Waals surface area contributed by atoms with Gasteiger partial charge in [-0.1, -0.05) is 230 Å². The Morgan fingerprint density at radius 2 is 0.864 bits per heavy atom.